The quantitative estimate of drug-likeness (QED) is 0.406. The van der Waals surface area contributed by atoms with E-state index in [1.165, 1.54) is 0 Å². The van der Waals surface area contributed by atoms with Gasteiger partial charge in [-0.3, -0.25) is 10.1 Å². The highest BCUT2D eigenvalue weighted by Crippen LogP contribution is 2.33. The van der Waals surface area contributed by atoms with E-state index >= 15 is 0 Å². The number of hydrogen-bond donors (Lipinski definition) is 3. The Morgan fingerprint density at radius 1 is 1.07 bits per heavy atom. The lowest BCUT2D eigenvalue weighted by atomic mass is 10.2. The SMILES string of the molecule is OCCOc1n[nH]c2ccnc(Nc3ccc(OCc4ccccn4)c(Cl)c3)c12. The number of halogens is 1. The Kier molecular flexibility index (Phi) is 5.73. The Hall–Kier alpha value is -3.36. The van der Waals surface area contributed by atoms with Gasteiger partial charge in [0, 0.05) is 18.1 Å². The van der Waals surface area contributed by atoms with Crippen LogP contribution in [0.25, 0.3) is 10.9 Å². The van der Waals surface area contributed by atoms with Crippen LogP contribution >= 0.6 is 11.6 Å². The molecule has 3 aromatic heterocycles. The molecule has 0 atom stereocenters. The summed E-state index contributed by atoms with van der Waals surface area (Å²) in [5.74, 6) is 1.48. The van der Waals surface area contributed by atoms with Crippen LogP contribution in [-0.2, 0) is 6.61 Å². The van der Waals surface area contributed by atoms with E-state index in [-0.39, 0.29) is 13.2 Å². The molecule has 0 spiro atoms. The molecule has 3 N–H and O–H groups in total. The van der Waals surface area contributed by atoms with E-state index in [1.54, 1.807) is 30.6 Å². The lowest BCUT2D eigenvalue weighted by Crippen LogP contribution is -2.03. The smallest absolute Gasteiger partial charge is 0.244 e. The fourth-order valence-corrected chi connectivity index (χ4v) is 2.98. The third-order valence-electron chi connectivity index (χ3n) is 4.07. The van der Waals surface area contributed by atoms with E-state index in [4.69, 9.17) is 26.2 Å². The molecule has 4 aromatic rings. The fraction of sp³-hybridized carbons (Fsp3) is 0.150. The van der Waals surface area contributed by atoms with Crippen molar-refractivity contribution in [1.82, 2.24) is 20.2 Å². The van der Waals surface area contributed by atoms with Gasteiger partial charge in [0.15, 0.2) is 0 Å². The topological polar surface area (TPSA) is 105 Å². The van der Waals surface area contributed by atoms with Crippen molar-refractivity contribution in [2.24, 2.45) is 0 Å². The maximum absolute atomic E-state index is 8.99. The maximum atomic E-state index is 8.99. The molecule has 9 heteroatoms. The number of hydrogen-bond acceptors (Lipinski definition) is 7. The Labute approximate surface area is 171 Å². The maximum Gasteiger partial charge on any atom is 0.244 e. The second-order valence-corrected chi connectivity index (χ2v) is 6.47. The molecule has 0 aliphatic carbocycles. The summed E-state index contributed by atoms with van der Waals surface area (Å²) in [5.41, 5.74) is 2.31. The molecule has 0 radical (unpaired) electrons. The van der Waals surface area contributed by atoms with E-state index in [0.717, 1.165) is 16.9 Å². The molecule has 3 heterocycles. The lowest BCUT2D eigenvalue weighted by molar-refractivity contribution is 0.198. The van der Waals surface area contributed by atoms with Gasteiger partial charge in [-0.1, -0.05) is 17.7 Å². The van der Waals surface area contributed by atoms with Crippen molar-refractivity contribution in [1.29, 1.82) is 0 Å². The number of H-pyrrole nitrogens is 1. The molecule has 148 valence electrons. The minimum Gasteiger partial charge on any atom is -0.486 e. The highest BCUT2D eigenvalue weighted by atomic mass is 35.5. The number of nitrogens with one attached hydrogen (secondary N) is 2. The summed E-state index contributed by atoms with van der Waals surface area (Å²) in [6, 6.07) is 12.8. The van der Waals surface area contributed by atoms with Crippen LogP contribution in [0.3, 0.4) is 0 Å². The average molecular weight is 412 g/mol. The summed E-state index contributed by atoms with van der Waals surface area (Å²) < 4.78 is 11.2. The predicted molar refractivity (Wildman–Crippen MR) is 110 cm³/mol. The van der Waals surface area contributed by atoms with E-state index in [0.29, 0.717) is 34.5 Å². The highest BCUT2D eigenvalue weighted by molar-refractivity contribution is 6.32. The monoisotopic (exact) mass is 411 g/mol. The molecule has 0 bridgehead atoms. The van der Waals surface area contributed by atoms with E-state index < -0.39 is 0 Å². The van der Waals surface area contributed by atoms with Crippen molar-refractivity contribution < 1.29 is 14.6 Å². The van der Waals surface area contributed by atoms with Crippen LogP contribution in [0.2, 0.25) is 5.02 Å². The van der Waals surface area contributed by atoms with Gasteiger partial charge in [-0.05, 0) is 36.4 Å². The van der Waals surface area contributed by atoms with Crippen molar-refractivity contribution in [2.75, 3.05) is 18.5 Å². The molecule has 0 saturated carbocycles. The van der Waals surface area contributed by atoms with Crippen LogP contribution in [-0.4, -0.2) is 38.5 Å². The Balaban J connectivity index is 1.52. The second kappa shape index (κ2) is 8.76. The Bertz CT molecular complexity index is 1100. The van der Waals surface area contributed by atoms with Gasteiger partial charge in [0.05, 0.1) is 22.8 Å². The summed E-state index contributed by atoms with van der Waals surface area (Å²) in [7, 11) is 0. The standard InChI is InChI=1S/C20H18ClN5O3/c21-15-11-13(4-5-17(15)29-12-14-3-1-2-7-22-14)24-19-18-16(6-8-23-19)25-26-20(18)28-10-9-27/h1-8,11,27H,9-10,12H2,(H,23,24)(H,25,26). The molecule has 0 aliphatic rings. The third-order valence-corrected chi connectivity index (χ3v) is 4.36. The molecule has 0 fully saturated rings. The zero-order chi connectivity index (χ0) is 20.1. The normalized spacial score (nSPS) is 10.8. The molecular formula is C20H18ClN5O3. The van der Waals surface area contributed by atoms with Crippen LogP contribution in [0.5, 0.6) is 11.6 Å². The van der Waals surface area contributed by atoms with Crippen molar-refractivity contribution in [3.8, 4) is 11.6 Å². The number of fused-ring (bicyclic) bond motifs is 1. The fourth-order valence-electron chi connectivity index (χ4n) is 2.75. The Morgan fingerprint density at radius 3 is 2.79 bits per heavy atom. The van der Waals surface area contributed by atoms with Crippen LogP contribution in [0.1, 0.15) is 5.69 Å². The third kappa shape index (κ3) is 4.39. The zero-order valence-electron chi connectivity index (χ0n) is 15.3. The number of aromatic nitrogens is 4. The first kappa shape index (κ1) is 19.0. The number of aliphatic hydroxyl groups excluding tert-OH is 1. The largest absolute Gasteiger partial charge is 0.486 e. The average Bonchev–Trinajstić information content (AvgIpc) is 3.16. The van der Waals surface area contributed by atoms with Crippen LogP contribution in [0.4, 0.5) is 11.5 Å². The molecule has 0 unspecified atom stereocenters. The summed E-state index contributed by atoms with van der Waals surface area (Å²) in [5, 5.41) is 20.4. The first-order valence-electron chi connectivity index (χ1n) is 8.90. The molecule has 4 rings (SSSR count). The number of rotatable bonds is 8. The number of pyridine rings is 2. The lowest BCUT2D eigenvalue weighted by Gasteiger charge is -2.11. The van der Waals surface area contributed by atoms with Crippen molar-refractivity contribution in [2.45, 2.75) is 6.61 Å². The highest BCUT2D eigenvalue weighted by Gasteiger charge is 2.14. The molecule has 29 heavy (non-hydrogen) atoms. The van der Waals surface area contributed by atoms with Gasteiger partial charge in [-0.15, -0.1) is 5.10 Å². The summed E-state index contributed by atoms with van der Waals surface area (Å²) >= 11 is 6.38. The van der Waals surface area contributed by atoms with Crippen molar-refractivity contribution >= 4 is 34.0 Å². The van der Waals surface area contributed by atoms with E-state index in [1.807, 2.05) is 24.3 Å². The number of benzene rings is 1. The minimum absolute atomic E-state index is 0.104. The Morgan fingerprint density at radius 2 is 2.00 bits per heavy atom. The number of ether oxygens (including phenoxy) is 2. The van der Waals surface area contributed by atoms with Crippen LogP contribution in [0, 0.1) is 0 Å². The number of aliphatic hydroxyl groups is 1. The van der Waals surface area contributed by atoms with Crippen LogP contribution in [0.15, 0.2) is 54.9 Å². The minimum atomic E-state index is -0.104. The number of anilines is 2. The van der Waals surface area contributed by atoms with Crippen molar-refractivity contribution in [3.05, 3.63) is 65.6 Å². The first-order valence-corrected chi connectivity index (χ1v) is 9.28. The van der Waals surface area contributed by atoms with E-state index in [2.05, 4.69) is 25.5 Å². The van der Waals surface area contributed by atoms with E-state index in [9.17, 15) is 0 Å². The van der Waals surface area contributed by atoms with Gasteiger partial charge in [0.1, 0.15) is 30.2 Å². The van der Waals surface area contributed by atoms with Gasteiger partial charge in [-0.25, -0.2) is 4.98 Å². The molecular weight excluding hydrogens is 394 g/mol. The predicted octanol–water partition coefficient (Wildman–Crippen LogP) is 3.70. The van der Waals surface area contributed by atoms with Crippen LogP contribution < -0.4 is 14.8 Å². The number of nitrogens with zero attached hydrogens (tertiary/aromatic N) is 3. The molecule has 1 aromatic carbocycles. The van der Waals surface area contributed by atoms with Gasteiger partial charge in [0.25, 0.3) is 0 Å². The summed E-state index contributed by atoms with van der Waals surface area (Å²) in [4.78, 5) is 8.60. The zero-order valence-corrected chi connectivity index (χ0v) is 16.1. The molecule has 0 amide bonds. The number of aromatic amines is 1. The van der Waals surface area contributed by atoms with Gasteiger partial charge in [-0.2, -0.15) is 0 Å². The summed E-state index contributed by atoms with van der Waals surface area (Å²) in [6.07, 6.45) is 3.37. The van der Waals surface area contributed by atoms with Gasteiger partial charge >= 0.3 is 0 Å². The van der Waals surface area contributed by atoms with Crippen molar-refractivity contribution in [3.63, 3.8) is 0 Å². The molecule has 0 saturated heterocycles. The first-order chi connectivity index (χ1) is 14.2. The summed E-state index contributed by atoms with van der Waals surface area (Å²) in [6.45, 7) is 0.365. The molecule has 8 nitrogen and oxygen atoms in total. The second-order valence-electron chi connectivity index (χ2n) is 6.06. The van der Waals surface area contributed by atoms with Gasteiger partial charge in [0.2, 0.25) is 5.88 Å². The van der Waals surface area contributed by atoms with Gasteiger partial charge < -0.3 is 19.9 Å². The molecule has 0 aliphatic heterocycles.